The quantitative estimate of drug-likeness (QED) is 0.495. The van der Waals surface area contributed by atoms with E-state index < -0.39 is 17.6 Å². The van der Waals surface area contributed by atoms with Crippen molar-refractivity contribution < 1.29 is 18.7 Å². The lowest BCUT2D eigenvalue weighted by Gasteiger charge is -2.21. The van der Waals surface area contributed by atoms with E-state index in [1.807, 2.05) is 45.9 Å². The van der Waals surface area contributed by atoms with Crippen LogP contribution in [0.5, 0.6) is 0 Å². The third kappa shape index (κ3) is 4.95. The van der Waals surface area contributed by atoms with Crippen molar-refractivity contribution in [1.29, 1.82) is 0 Å². The Hall–Kier alpha value is -3.41. The van der Waals surface area contributed by atoms with Crippen LogP contribution in [0.2, 0.25) is 0 Å². The fraction of sp³-hybridized carbons (Fsp3) is 0.292. The average Bonchev–Trinajstić information content (AvgIpc) is 2.69. The average molecular weight is 407 g/mol. The molecule has 0 aliphatic rings. The van der Waals surface area contributed by atoms with Gasteiger partial charge in [0.15, 0.2) is 0 Å². The fourth-order valence-electron chi connectivity index (χ4n) is 3.20. The summed E-state index contributed by atoms with van der Waals surface area (Å²) in [6.07, 6.45) is 0. The Labute approximate surface area is 174 Å². The highest BCUT2D eigenvalue weighted by molar-refractivity contribution is 5.97. The third-order valence-corrected chi connectivity index (χ3v) is 4.84. The molecule has 6 nitrogen and oxygen atoms in total. The van der Waals surface area contributed by atoms with Gasteiger partial charge in [0.25, 0.3) is 5.91 Å². The highest BCUT2D eigenvalue weighted by Gasteiger charge is 2.26. The van der Waals surface area contributed by atoms with E-state index in [0.717, 1.165) is 11.1 Å². The molecule has 3 rings (SSSR count). The molecule has 1 aromatic heterocycles. The molecule has 1 N–H and O–H groups in total. The maximum absolute atomic E-state index is 12.7. The molecule has 0 aliphatic carbocycles. The van der Waals surface area contributed by atoms with E-state index in [1.54, 1.807) is 24.3 Å². The summed E-state index contributed by atoms with van der Waals surface area (Å²) < 4.78 is 10.7. The van der Waals surface area contributed by atoms with Gasteiger partial charge in [0.2, 0.25) is 0 Å². The molecule has 30 heavy (non-hydrogen) atoms. The fourth-order valence-corrected chi connectivity index (χ4v) is 3.20. The molecule has 0 fully saturated rings. The Kier molecular flexibility index (Phi) is 6.35. The van der Waals surface area contributed by atoms with Crippen molar-refractivity contribution in [3.05, 3.63) is 81.2 Å². The van der Waals surface area contributed by atoms with Crippen molar-refractivity contribution in [3.63, 3.8) is 0 Å². The molecule has 0 saturated carbocycles. The van der Waals surface area contributed by atoms with Gasteiger partial charge >= 0.3 is 11.6 Å². The molecule has 0 radical (unpaired) electrons. The van der Waals surface area contributed by atoms with E-state index in [2.05, 4.69) is 5.32 Å². The predicted octanol–water partition coefficient (Wildman–Crippen LogP) is 3.91. The normalized spacial score (nSPS) is 12.0. The van der Waals surface area contributed by atoms with Crippen molar-refractivity contribution in [2.75, 3.05) is 0 Å². The molecule has 1 heterocycles. The minimum Gasteiger partial charge on any atom is -0.459 e. The first-order valence-corrected chi connectivity index (χ1v) is 9.82. The van der Waals surface area contributed by atoms with Crippen LogP contribution < -0.4 is 10.9 Å². The molecule has 3 aromatic rings. The van der Waals surface area contributed by atoms with Gasteiger partial charge in [-0.05, 0) is 43.5 Å². The van der Waals surface area contributed by atoms with E-state index in [1.165, 1.54) is 6.07 Å². The molecule has 6 heteroatoms. The number of aryl methyl sites for hydroxylation is 2. The number of carbonyl (C=O) groups excluding carboxylic acids is 2. The molecule has 0 aliphatic heterocycles. The summed E-state index contributed by atoms with van der Waals surface area (Å²) in [4.78, 5) is 37.2. The number of rotatable bonds is 6. The standard InChI is InChI=1S/C24H25NO5/c1-14(2)22(25-23(27)17-7-5-6-15(3)10-17)24(28)29-13-18-12-21(26)30-20-11-16(4)8-9-19(18)20/h5-12,14,22H,13H2,1-4H3,(H,25,27)/t22-/m0/s1. The van der Waals surface area contributed by atoms with E-state index >= 15 is 0 Å². The van der Waals surface area contributed by atoms with Gasteiger partial charge in [-0.15, -0.1) is 0 Å². The predicted molar refractivity (Wildman–Crippen MR) is 114 cm³/mol. The summed E-state index contributed by atoms with van der Waals surface area (Å²) in [5, 5.41) is 3.46. The lowest BCUT2D eigenvalue weighted by Crippen LogP contribution is -2.45. The topological polar surface area (TPSA) is 85.6 Å². The zero-order valence-electron chi connectivity index (χ0n) is 17.5. The van der Waals surface area contributed by atoms with Crippen LogP contribution in [-0.2, 0) is 16.1 Å². The van der Waals surface area contributed by atoms with Crippen molar-refractivity contribution in [2.45, 2.75) is 40.3 Å². The number of benzene rings is 2. The van der Waals surface area contributed by atoms with Crippen LogP contribution in [0.3, 0.4) is 0 Å². The van der Waals surface area contributed by atoms with E-state index in [4.69, 9.17) is 9.15 Å². The molecule has 0 bridgehead atoms. The van der Waals surface area contributed by atoms with Gasteiger partial charge in [-0.1, -0.05) is 43.7 Å². The second-order valence-electron chi connectivity index (χ2n) is 7.76. The van der Waals surface area contributed by atoms with E-state index in [-0.39, 0.29) is 18.4 Å². The Morgan fingerprint density at radius 1 is 1.03 bits per heavy atom. The summed E-state index contributed by atoms with van der Waals surface area (Å²) in [5.41, 5.74) is 2.89. The molecular formula is C24H25NO5. The molecular weight excluding hydrogens is 382 g/mol. The van der Waals surface area contributed by atoms with Gasteiger partial charge in [-0.2, -0.15) is 0 Å². The maximum Gasteiger partial charge on any atom is 0.336 e. The Morgan fingerprint density at radius 3 is 2.47 bits per heavy atom. The van der Waals surface area contributed by atoms with Gasteiger partial charge in [0.1, 0.15) is 18.2 Å². The highest BCUT2D eigenvalue weighted by atomic mass is 16.5. The molecule has 1 atom stereocenters. The van der Waals surface area contributed by atoms with Crippen molar-refractivity contribution in [3.8, 4) is 0 Å². The van der Waals surface area contributed by atoms with Crippen LogP contribution in [0.1, 0.15) is 40.9 Å². The van der Waals surface area contributed by atoms with Crippen LogP contribution in [0, 0.1) is 19.8 Å². The van der Waals surface area contributed by atoms with Gasteiger partial charge in [0.05, 0.1) is 0 Å². The zero-order valence-corrected chi connectivity index (χ0v) is 17.5. The first kappa shape index (κ1) is 21.3. The Balaban J connectivity index is 1.75. The number of ether oxygens (including phenoxy) is 1. The van der Waals surface area contributed by atoms with Gasteiger partial charge < -0.3 is 14.5 Å². The number of hydrogen-bond donors (Lipinski definition) is 1. The van der Waals surface area contributed by atoms with Crippen molar-refractivity contribution >= 4 is 22.8 Å². The molecule has 2 aromatic carbocycles. The lowest BCUT2D eigenvalue weighted by molar-refractivity contribution is -0.148. The second-order valence-corrected chi connectivity index (χ2v) is 7.76. The van der Waals surface area contributed by atoms with Gasteiger partial charge in [-0.25, -0.2) is 9.59 Å². The minimum absolute atomic E-state index is 0.0898. The third-order valence-electron chi connectivity index (χ3n) is 4.84. The number of amides is 1. The minimum atomic E-state index is -0.813. The van der Waals surface area contributed by atoms with Crippen molar-refractivity contribution in [2.24, 2.45) is 5.92 Å². The molecule has 156 valence electrons. The van der Waals surface area contributed by atoms with Crippen LogP contribution in [0.15, 0.2) is 57.7 Å². The largest absolute Gasteiger partial charge is 0.459 e. The highest BCUT2D eigenvalue weighted by Crippen LogP contribution is 2.19. The number of nitrogens with one attached hydrogen (secondary N) is 1. The summed E-state index contributed by atoms with van der Waals surface area (Å²) in [5.74, 6) is -1.07. The first-order chi connectivity index (χ1) is 14.2. The maximum atomic E-state index is 12.7. The summed E-state index contributed by atoms with van der Waals surface area (Å²) in [6, 6.07) is 13.1. The number of fused-ring (bicyclic) bond motifs is 1. The van der Waals surface area contributed by atoms with Crippen LogP contribution in [0.4, 0.5) is 0 Å². The monoisotopic (exact) mass is 407 g/mol. The number of esters is 1. The van der Waals surface area contributed by atoms with Crippen LogP contribution >= 0.6 is 0 Å². The van der Waals surface area contributed by atoms with Crippen LogP contribution in [-0.4, -0.2) is 17.9 Å². The molecule has 1 amide bonds. The molecule has 0 unspecified atom stereocenters. The Morgan fingerprint density at radius 2 is 1.77 bits per heavy atom. The Bertz CT molecular complexity index is 1150. The molecule has 0 saturated heterocycles. The first-order valence-electron chi connectivity index (χ1n) is 9.82. The SMILES string of the molecule is Cc1cccc(C(=O)N[C@H](C(=O)OCc2cc(=O)oc3cc(C)ccc23)C(C)C)c1. The second kappa shape index (κ2) is 8.95. The van der Waals surface area contributed by atoms with Crippen molar-refractivity contribution in [1.82, 2.24) is 5.32 Å². The summed E-state index contributed by atoms with van der Waals surface area (Å²) >= 11 is 0. The summed E-state index contributed by atoms with van der Waals surface area (Å²) in [6.45, 7) is 7.37. The summed E-state index contributed by atoms with van der Waals surface area (Å²) in [7, 11) is 0. The van der Waals surface area contributed by atoms with Gasteiger partial charge in [0, 0.05) is 22.6 Å². The number of hydrogen-bond acceptors (Lipinski definition) is 5. The molecule has 0 spiro atoms. The van der Waals surface area contributed by atoms with E-state index in [9.17, 15) is 14.4 Å². The van der Waals surface area contributed by atoms with E-state index in [0.29, 0.717) is 22.1 Å². The lowest BCUT2D eigenvalue weighted by atomic mass is 10.0. The zero-order chi connectivity index (χ0) is 21.8. The van der Waals surface area contributed by atoms with Gasteiger partial charge in [-0.3, -0.25) is 4.79 Å². The van der Waals surface area contributed by atoms with Crippen LogP contribution in [0.25, 0.3) is 11.0 Å². The number of carbonyl (C=O) groups is 2. The smallest absolute Gasteiger partial charge is 0.336 e.